The van der Waals surface area contributed by atoms with E-state index in [1.54, 1.807) is 13.8 Å². The van der Waals surface area contributed by atoms with Crippen LogP contribution >= 0.6 is 0 Å². The van der Waals surface area contributed by atoms with Crippen molar-refractivity contribution < 1.29 is 29.3 Å². The largest absolute Gasteiger partial charge is 0.394 e. The molecule has 134 valence electrons. The first kappa shape index (κ1) is 19.9. The zero-order valence-corrected chi connectivity index (χ0v) is 13.6. The van der Waals surface area contributed by atoms with Crippen LogP contribution in [0.5, 0.6) is 0 Å². The third-order valence-electron chi connectivity index (χ3n) is 2.70. The monoisotopic (exact) mass is 342 g/mol. The van der Waals surface area contributed by atoms with Crippen molar-refractivity contribution in [3.63, 3.8) is 0 Å². The number of carbonyl (C=O) groups is 2. The third kappa shape index (κ3) is 6.96. The molecule has 1 heterocycles. The minimum absolute atomic E-state index is 0.0237. The summed E-state index contributed by atoms with van der Waals surface area (Å²) in [5.41, 5.74) is 0.0474. The van der Waals surface area contributed by atoms with Gasteiger partial charge in [0.1, 0.15) is 23.8 Å². The smallest absolute Gasteiger partial charge is 0.273 e. The second kappa shape index (κ2) is 10.6. The lowest BCUT2D eigenvalue weighted by atomic mass is 10.3. The first-order chi connectivity index (χ1) is 11.5. The molecule has 1 aromatic heterocycles. The highest BCUT2D eigenvalue weighted by atomic mass is 16.5. The fraction of sp³-hybridized carbons (Fsp3) is 0.571. The Kier molecular flexibility index (Phi) is 8.79. The number of aliphatic hydroxyl groups excluding tert-OH is 2. The molecule has 2 amide bonds. The molecular weight excluding hydrogens is 320 g/mol. The molecule has 0 aliphatic carbocycles. The number of nitrogens with zero attached hydrogens (tertiary/aromatic N) is 2. The van der Waals surface area contributed by atoms with Crippen LogP contribution in [0.3, 0.4) is 0 Å². The normalized spacial score (nSPS) is 13.2. The Hall–Kier alpha value is -2.14. The Morgan fingerprint density at radius 2 is 1.33 bits per heavy atom. The van der Waals surface area contributed by atoms with Gasteiger partial charge in [-0.1, -0.05) is 0 Å². The van der Waals surface area contributed by atoms with Crippen molar-refractivity contribution >= 4 is 11.8 Å². The summed E-state index contributed by atoms with van der Waals surface area (Å²) in [6.45, 7) is 3.12. The molecule has 0 fully saturated rings. The highest BCUT2D eigenvalue weighted by molar-refractivity contribution is 5.94. The Labute approximate surface area is 139 Å². The molecule has 10 heteroatoms. The standard InChI is InChI=1S/C14H22N4O6/c1-9(23-5-3-19)17-13(21)11-7-16-12(8-15-11)14(22)18-10(2)24-6-4-20/h7-10,19-20H,3-6H2,1-2H3,(H,17,21)(H,18,22). The van der Waals surface area contributed by atoms with Crippen LogP contribution in [-0.2, 0) is 9.47 Å². The van der Waals surface area contributed by atoms with E-state index in [0.29, 0.717) is 0 Å². The van der Waals surface area contributed by atoms with Crippen molar-refractivity contribution in [1.29, 1.82) is 0 Å². The van der Waals surface area contributed by atoms with Gasteiger partial charge < -0.3 is 30.3 Å². The first-order valence-electron chi connectivity index (χ1n) is 7.36. The van der Waals surface area contributed by atoms with Gasteiger partial charge in [-0.05, 0) is 13.8 Å². The van der Waals surface area contributed by atoms with E-state index in [1.165, 1.54) is 12.4 Å². The van der Waals surface area contributed by atoms with Crippen LogP contribution in [0.15, 0.2) is 12.4 Å². The highest BCUT2D eigenvalue weighted by Gasteiger charge is 2.15. The van der Waals surface area contributed by atoms with E-state index in [0.717, 1.165) is 0 Å². The van der Waals surface area contributed by atoms with E-state index in [9.17, 15) is 9.59 Å². The lowest BCUT2D eigenvalue weighted by Crippen LogP contribution is -2.37. The number of aromatic nitrogens is 2. The van der Waals surface area contributed by atoms with Crippen molar-refractivity contribution in [2.24, 2.45) is 0 Å². The molecule has 2 unspecified atom stereocenters. The van der Waals surface area contributed by atoms with Gasteiger partial charge in [0, 0.05) is 0 Å². The molecule has 0 saturated heterocycles. The quantitative estimate of drug-likeness (QED) is 0.382. The van der Waals surface area contributed by atoms with Crippen LogP contribution in [0.2, 0.25) is 0 Å². The molecule has 1 aromatic rings. The fourth-order valence-electron chi connectivity index (χ4n) is 1.62. The van der Waals surface area contributed by atoms with Gasteiger partial charge in [0.05, 0.1) is 38.8 Å². The van der Waals surface area contributed by atoms with Crippen LogP contribution in [0.4, 0.5) is 0 Å². The first-order valence-corrected chi connectivity index (χ1v) is 7.36. The SMILES string of the molecule is CC(NC(=O)c1cnc(C(=O)NC(C)OCCO)cn1)OCCO. The Morgan fingerprint density at radius 3 is 1.62 bits per heavy atom. The second-order valence-corrected chi connectivity index (χ2v) is 4.71. The average Bonchev–Trinajstić information content (AvgIpc) is 2.58. The number of hydrogen-bond donors (Lipinski definition) is 4. The van der Waals surface area contributed by atoms with Crippen molar-refractivity contribution in [1.82, 2.24) is 20.6 Å². The number of nitrogens with one attached hydrogen (secondary N) is 2. The van der Waals surface area contributed by atoms with E-state index in [-0.39, 0.29) is 37.8 Å². The maximum atomic E-state index is 11.9. The molecule has 0 aromatic carbocycles. The summed E-state index contributed by atoms with van der Waals surface area (Å²) in [7, 11) is 0. The van der Waals surface area contributed by atoms with Gasteiger partial charge >= 0.3 is 0 Å². The Morgan fingerprint density at radius 1 is 0.958 bits per heavy atom. The maximum absolute atomic E-state index is 11.9. The van der Waals surface area contributed by atoms with Crippen LogP contribution in [0, 0.1) is 0 Å². The van der Waals surface area contributed by atoms with Crippen molar-refractivity contribution in [2.75, 3.05) is 26.4 Å². The number of carbonyl (C=O) groups excluding carboxylic acids is 2. The van der Waals surface area contributed by atoms with E-state index >= 15 is 0 Å². The topological polar surface area (TPSA) is 143 Å². The molecule has 24 heavy (non-hydrogen) atoms. The zero-order valence-electron chi connectivity index (χ0n) is 13.6. The van der Waals surface area contributed by atoms with Gasteiger partial charge in [0.25, 0.3) is 11.8 Å². The van der Waals surface area contributed by atoms with Crippen molar-refractivity contribution in [2.45, 2.75) is 26.3 Å². The predicted molar refractivity (Wildman–Crippen MR) is 82.0 cm³/mol. The van der Waals surface area contributed by atoms with Gasteiger partial charge in [0.2, 0.25) is 0 Å². The van der Waals surface area contributed by atoms with Gasteiger partial charge in [-0.15, -0.1) is 0 Å². The molecule has 1 rings (SSSR count). The highest BCUT2D eigenvalue weighted by Crippen LogP contribution is 1.99. The van der Waals surface area contributed by atoms with E-state index in [2.05, 4.69) is 20.6 Å². The average molecular weight is 342 g/mol. The third-order valence-corrected chi connectivity index (χ3v) is 2.70. The van der Waals surface area contributed by atoms with Crippen LogP contribution in [0.1, 0.15) is 34.8 Å². The van der Waals surface area contributed by atoms with Gasteiger partial charge in [-0.3, -0.25) is 9.59 Å². The number of aliphatic hydroxyl groups is 2. The van der Waals surface area contributed by atoms with E-state index in [1.807, 2.05) is 0 Å². The Balaban J connectivity index is 2.55. The minimum atomic E-state index is -0.598. The van der Waals surface area contributed by atoms with Crippen molar-refractivity contribution in [3.8, 4) is 0 Å². The molecular formula is C14H22N4O6. The van der Waals surface area contributed by atoms with E-state index < -0.39 is 24.3 Å². The summed E-state index contributed by atoms with van der Waals surface area (Å²) in [6.07, 6.45) is 1.14. The lowest BCUT2D eigenvalue weighted by molar-refractivity contribution is 0.0193. The molecule has 0 saturated carbocycles. The summed E-state index contributed by atoms with van der Waals surface area (Å²) in [5, 5.41) is 22.3. The summed E-state index contributed by atoms with van der Waals surface area (Å²) in [5.74, 6) is -1.03. The minimum Gasteiger partial charge on any atom is -0.394 e. The molecule has 2 atom stereocenters. The van der Waals surface area contributed by atoms with Crippen molar-refractivity contribution in [3.05, 3.63) is 23.8 Å². The maximum Gasteiger partial charge on any atom is 0.273 e. The van der Waals surface area contributed by atoms with Gasteiger partial charge in [-0.2, -0.15) is 0 Å². The van der Waals surface area contributed by atoms with Gasteiger partial charge in [-0.25, -0.2) is 9.97 Å². The molecule has 0 spiro atoms. The molecule has 0 aliphatic rings. The number of hydrogen-bond acceptors (Lipinski definition) is 8. The number of ether oxygens (including phenoxy) is 2. The molecule has 0 bridgehead atoms. The summed E-state index contributed by atoms with van der Waals surface area (Å²) < 4.78 is 10.2. The summed E-state index contributed by atoms with van der Waals surface area (Å²) >= 11 is 0. The summed E-state index contributed by atoms with van der Waals surface area (Å²) in [4.78, 5) is 31.6. The van der Waals surface area contributed by atoms with Crippen LogP contribution in [0.25, 0.3) is 0 Å². The number of amides is 2. The van der Waals surface area contributed by atoms with Gasteiger partial charge in [0.15, 0.2) is 0 Å². The summed E-state index contributed by atoms with van der Waals surface area (Å²) in [6, 6.07) is 0. The zero-order chi connectivity index (χ0) is 17.9. The molecule has 0 aliphatic heterocycles. The Bertz CT molecular complexity index is 478. The second-order valence-electron chi connectivity index (χ2n) is 4.71. The molecule has 4 N–H and O–H groups in total. The lowest BCUT2D eigenvalue weighted by Gasteiger charge is -2.14. The van der Waals surface area contributed by atoms with E-state index in [4.69, 9.17) is 19.7 Å². The van der Waals surface area contributed by atoms with Crippen LogP contribution < -0.4 is 10.6 Å². The fourth-order valence-corrected chi connectivity index (χ4v) is 1.62. The predicted octanol–water partition coefficient (Wildman–Crippen LogP) is -1.35. The number of rotatable bonds is 10. The molecule has 0 radical (unpaired) electrons. The molecule has 10 nitrogen and oxygen atoms in total. The van der Waals surface area contributed by atoms with Crippen LogP contribution in [-0.4, -0.2) is 70.9 Å².